The van der Waals surface area contributed by atoms with Crippen molar-refractivity contribution >= 4 is 41.3 Å². The minimum Gasteiger partial charge on any atom is -0.378 e. The molecule has 174 valence electrons. The molecule has 1 aromatic rings. The Bertz CT molecular complexity index is 591. The number of methoxy groups -OCH3 is 1. The average molecular weight is 553 g/mol. The second-order valence-electron chi connectivity index (χ2n) is 7.84. The summed E-state index contributed by atoms with van der Waals surface area (Å²) in [6.07, 6.45) is 10.6. The molecule has 1 aliphatic carbocycles. The lowest BCUT2D eigenvalue weighted by Gasteiger charge is -2.21. The van der Waals surface area contributed by atoms with Gasteiger partial charge in [-0.25, -0.2) is 4.98 Å². The van der Waals surface area contributed by atoms with Crippen molar-refractivity contribution < 1.29 is 9.47 Å². The van der Waals surface area contributed by atoms with E-state index in [9.17, 15) is 0 Å². The Morgan fingerprint density at radius 2 is 2.03 bits per heavy atom. The van der Waals surface area contributed by atoms with E-state index >= 15 is 0 Å². The Morgan fingerprint density at radius 3 is 2.70 bits per heavy atom. The fourth-order valence-electron chi connectivity index (χ4n) is 3.53. The molecule has 1 aromatic heterocycles. The zero-order chi connectivity index (χ0) is 20.9. The van der Waals surface area contributed by atoms with E-state index in [1.165, 1.54) is 38.5 Å². The fourth-order valence-corrected chi connectivity index (χ4v) is 4.37. The number of rotatable bonds is 11. The first-order valence-electron chi connectivity index (χ1n) is 11.2. The number of aromatic nitrogens is 1. The van der Waals surface area contributed by atoms with Crippen LogP contribution in [0.4, 0.5) is 0 Å². The van der Waals surface area contributed by atoms with Crippen molar-refractivity contribution in [3.63, 3.8) is 0 Å². The number of nitrogens with zero attached hydrogens (tertiary/aromatic N) is 3. The molecule has 6 nitrogen and oxygen atoms in total. The Hall–Kier alpha value is -0.450. The van der Waals surface area contributed by atoms with Crippen LogP contribution in [0.15, 0.2) is 10.4 Å². The first-order chi connectivity index (χ1) is 14.1. The summed E-state index contributed by atoms with van der Waals surface area (Å²) in [4.78, 5) is 11.6. The Kier molecular flexibility index (Phi) is 14.9. The van der Waals surface area contributed by atoms with Crippen LogP contribution in [0, 0.1) is 0 Å². The average Bonchev–Trinajstić information content (AvgIpc) is 3.03. The number of halogens is 1. The van der Waals surface area contributed by atoms with Crippen LogP contribution >= 0.6 is 35.3 Å². The molecule has 1 atom stereocenters. The topological polar surface area (TPSA) is 59.0 Å². The van der Waals surface area contributed by atoms with Gasteiger partial charge in [0.2, 0.25) is 0 Å². The number of hydrogen-bond donors (Lipinski definition) is 1. The van der Waals surface area contributed by atoms with Crippen LogP contribution in [0.3, 0.4) is 0 Å². The molecule has 0 radical (unpaired) electrons. The van der Waals surface area contributed by atoms with Gasteiger partial charge in [-0.2, -0.15) is 0 Å². The predicted molar refractivity (Wildman–Crippen MR) is 137 cm³/mol. The third-order valence-electron chi connectivity index (χ3n) is 5.34. The van der Waals surface area contributed by atoms with E-state index in [1.807, 2.05) is 6.92 Å². The zero-order valence-corrected chi connectivity index (χ0v) is 22.3. The Balaban J connectivity index is 0.00000450. The summed E-state index contributed by atoms with van der Waals surface area (Å²) >= 11 is 1.65. The van der Waals surface area contributed by atoms with Gasteiger partial charge in [-0.1, -0.05) is 25.7 Å². The van der Waals surface area contributed by atoms with Gasteiger partial charge in [-0.05, 0) is 39.5 Å². The van der Waals surface area contributed by atoms with E-state index in [2.05, 4.69) is 34.6 Å². The standard InChI is InChI=1S/C22H40N4O2S.HI/c1-5-23-22(26(3)16-19-17-29-21(25-19)18(2)27-4)24-14-10-11-15-28-20-12-8-6-7-9-13-20;/h17-18,20H,5-16H2,1-4H3,(H,23,24);1H. The number of nitrogens with one attached hydrogen (secondary N) is 1. The van der Waals surface area contributed by atoms with Crippen molar-refractivity contribution in [3.8, 4) is 0 Å². The molecule has 30 heavy (non-hydrogen) atoms. The van der Waals surface area contributed by atoms with E-state index in [-0.39, 0.29) is 30.1 Å². The van der Waals surface area contributed by atoms with E-state index in [4.69, 9.17) is 14.5 Å². The van der Waals surface area contributed by atoms with Crippen LogP contribution in [-0.4, -0.2) is 55.8 Å². The number of guanidine groups is 1. The van der Waals surface area contributed by atoms with Crippen molar-refractivity contribution in [2.24, 2.45) is 4.99 Å². The summed E-state index contributed by atoms with van der Waals surface area (Å²) in [6.45, 7) is 7.42. The molecule has 1 heterocycles. The maximum atomic E-state index is 6.08. The lowest BCUT2D eigenvalue weighted by molar-refractivity contribution is 0.0412. The van der Waals surface area contributed by atoms with E-state index < -0.39 is 0 Å². The number of aliphatic imine (C=N–C) groups is 1. The van der Waals surface area contributed by atoms with Crippen LogP contribution in [0.2, 0.25) is 0 Å². The van der Waals surface area contributed by atoms with Crippen LogP contribution in [-0.2, 0) is 16.0 Å². The number of thiazole rings is 1. The quantitative estimate of drug-likeness (QED) is 0.131. The molecule has 0 bridgehead atoms. The van der Waals surface area contributed by atoms with Gasteiger partial charge in [0, 0.05) is 39.2 Å². The first-order valence-corrected chi connectivity index (χ1v) is 12.1. The summed E-state index contributed by atoms with van der Waals surface area (Å²) in [5.74, 6) is 0.937. The van der Waals surface area contributed by atoms with Crippen molar-refractivity contribution in [1.82, 2.24) is 15.2 Å². The number of hydrogen-bond acceptors (Lipinski definition) is 5. The van der Waals surface area contributed by atoms with Gasteiger partial charge in [0.1, 0.15) is 11.1 Å². The summed E-state index contributed by atoms with van der Waals surface area (Å²) < 4.78 is 11.4. The molecule has 0 aromatic carbocycles. The van der Waals surface area contributed by atoms with Gasteiger partial charge in [-0.3, -0.25) is 4.99 Å². The molecule has 2 rings (SSSR count). The summed E-state index contributed by atoms with van der Waals surface area (Å²) in [5, 5.41) is 6.52. The maximum Gasteiger partial charge on any atom is 0.194 e. The fraction of sp³-hybridized carbons (Fsp3) is 0.818. The van der Waals surface area contributed by atoms with Gasteiger partial charge in [0.15, 0.2) is 5.96 Å². The third kappa shape index (κ3) is 10.2. The lowest BCUT2D eigenvalue weighted by Crippen LogP contribution is -2.38. The largest absolute Gasteiger partial charge is 0.378 e. The summed E-state index contributed by atoms with van der Waals surface area (Å²) in [6, 6.07) is 0. The molecule has 1 saturated carbocycles. The summed E-state index contributed by atoms with van der Waals surface area (Å²) in [7, 11) is 3.78. The Labute approximate surface area is 204 Å². The van der Waals surface area contributed by atoms with Crippen molar-refractivity contribution in [3.05, 3.63) is 16.1 Å². The van der Waals surface area contributed by atoms with Crippen LogP contribution in [0.1, 0.15) is 82.0 Å². The van der Waals surface area contributed by atoms with Crippen molar-refractivity contribution in [2.75, 3.05) is 33.9 Å². The molecule has 0 amide bonds. The first kappa shape index (κ1) is 27.6. The van der Waals surface area contributed by atoms with Crippen LogP contribution in [0.5, 0.6) is 0 Å². The van der Waals surface area contributed by atoms with Crippen LogP contribution in [0.25, 0.3) is 0 Å². The molecular weight excluding hydrogens is 511 g/mol. The number of unbranched alkanes of at least 4 members (excludes halogenated alkanes) is 1. The highest BCUT2D eigenvalue weighted by Gasteiger charge is 2.13. The molecule has 0 spiro atoms. The second kappa shape index (κ2) is 16.2. The normalized spacial score (nSPS) is 16.6. The molecular formula is C22H41IN4O2S. The smallest absolute Gasteiger partial charge is 0.194 e. The number of ether oxygens (including phenoxy) is 2. The highest BCUT2D eigenvalue weighted by atomic mass is 127. The second-order valence-corrected chi connectivity index (χ2v) is 8.73. The Morgan fingerprint density at radius 1 is 1.30 bits per heavy atom. The SMILES string of the molecule is CCNC(=NCCCCOC1CCCCCC1)N(C)Cc1csc(C(C)OC)n1.I. The van der Waals surface area contributed by atoms with E-state index in [0.717, 1.165) is 55.7 Å². The monoisotopic (exact) mass is 552 g/mol. The van der Waals surface area contributed by atoms with Crippen LogP contribution < -0.4 is 5.32 Å². The van der Waals surface area contributed by atoms with Crippen molar-refractivity contribution in [2.45, 2.75) is 84.0 Å². The summed E-state index contributed by atoms with van der Waals surface area (Å²) in [5.41, 5.74) is 1.05. The minimum absolute atomic E-state index is 0. The highest BCUT2D eigenvalue weighted by molar-refractivity contribution is 14.0. The van der Waals surface area contributed by atoms with Gasteiger partial charge in [0.05, 0.1) is 18.3 Å². The molecule has 1 unspecified atom stereocenters. The zero-order valence-electron chi connectivity index (χ0n) is 19.2. The van der Waals surface area contributed by atoms with Gasteiger partial charge in [-0.15, -0.1) is 35.3 Å². The highest BCUT2D eigenvalue weighted by Crippen LogP contribution is 2.21. The van der Waals surface area contributed by atoms with Crippen molar-refractivity contribution in [1.29, 1.82) is 0 Å². The molecule has 1 N–H and O–H groups in total. The molecule has 1 aliphatic rings. The molecule has 0 aliphatic heterocycles. The predicted octanol–water partition coefficient (Wildman–Crippen LogP) is 5.39. The van der Waals surface area contributed by atoms with E-state index in [0.29, 0.717) is 6.10 Å². The van der Waals surface area contributed by atoms with E-state index in [1.54, 1.807) is 18.4 Å². The van der Waals surface area contributed by atoms with Gasteiger partial charge < -0.3 is 19.7 Å². The molecule has 1 fully saturated rings. The maximum absolute atomic E-state index is 6.08. The van der Waals surface area contributed by atoms with Gasteiger partial charge in [0.25, 0.3) is 0 Å². The molecule has 8 heteroatoms. The lowest BCUT2D eigenvalue weighted by atomic mass is 10.1. The van der Waals surface area contributed by atoms with Gasteiger partial charge >= 0.3 is 0 Å². The third-order valence-corrected chi connectivity index (χ3v) is 6.39. The molecule has 0 saturated heterocycles. The minimum atomic E-state index is 0.